The average Bonchev–Trinajstić information content (AvgIpc) is 3.15. The number of Topliss-reactive ketones (excluding diaryl/α,β-unsaturated/α-hetero) is 1. The molecule has 0 aliphatic carbocycles. The molecule has 3 rings (SSSR count). The Kier molecular flexibility index (Phi) is 8.87. The van der Waals surface area contributed by atoms with Crippen molar-refractivity contribution in [2.45, 2.75) is 53.4 Å². The normalized spacial score (nSPS) is 10.6. The fourth-order valence-electron chi connectivity index (χ4n) is 3.34. The van der Waals surface area contributed by atoms with E-state index in [1.54, 1.807) is 6.07 Å². The van der Waals surface area contributed by atoms with Crippen molar-refractivity contribution in [3.8, 4) is 5.75 Å². The van der Waals surface area contributed by atoms with E-state index in [0.717, 1.165) is 48.0 Å². The van der Waals surface area contributed by atoms with Crippen LogP contribution in [0.25, 0.3) is 10.9 Å². The first kappa shape index (κ1) is 23.4. The second kappa shape index (κ2) is 11.4. The summed E-state index contributed by atoms with van der Waals surface area (Å²) in [4.78, 5) is 11.3. The van der Waals surface area contributed by atoms with Crippen LogP contribution in [-0.2, 0) is 19.3 Å². The van der Waals surface area contributed by atoms with Gasteiger partial charge in [0.1, 0.15) is 5.75 Å². The molecule has 0 aliphatic heterocycles. The number of benzene rings is 2. The van der Waals surface area contributed by atoms with Crippen LogP contribution in [0, 0.1) is 0 Å². The summed E-state index contributed by atoms with van der Waals surface area (Å²) in [6, 6.07) is 9.91. The molecule has 2 aromatic carbocycles. The van der Waals surface area contributed by atoms with E-state index >= 15 is 0 Å². The molecule has 1 aromatic heterocycles. The van der Waals surface area contributed by atoms with Crippen LogP contribution in [0.5, 0.6) is 5.75 Å². The highest BCUT2D eigenvalue weighted by molar-refractivity contribution is 6.03. The maximum Gasteiger partial charge on any atom is 0.161 e. The lowest BCUT2D eigenvalue weighted by molar-refractivity contribution is 0.101. The summed E-state index contributed by atoms with van der Waals surface area (Å²) in [7, 11) is 0. The molecular formula is C24H34N4O2. The number of nitrogens with zero attached hydrogens (tertiary/aromatic N) is 1. The summed E-state index contributed by atoms with van der Waals surface area (Å²) in [6.07, 6.45) is 3.93. The maximum atomic E-state index is 11.3. The lowest BCUT2D eigenvalue weighted by Gasteiger charge is -2.10. The van der Waals surface area contributed by atoms with Crippen LogP contribution in [0.15, 0.2) is 30.3 Å². The number of hydrogen-bond acceptors (Lipinski definition) is 5. The molecule has 0 bridgehead atoms. The lowest BCUT2D eigenvalue weighted by Crippen LogP contribution is -2.06. The third-order valence-electron chi connectivity index (χ3n) is 5.09. The van der Waals surface area contributed by atoms with Crippen LogP contribution in [0.2, 0.25) is 0 Å². The fraction of sp³-hybridized carbons (Fsp3) is 0.417. The molecule has 0 saturated carbocycles. The topological polar surface area (TPSA) is 107 Å². The van der Waals surface area contributed by atoms with E-state index in [2.05, 4.69) is 42.2 Å². The van der Waals surface area contributed by atoms with Crippen molar-refractivity contribution in [1.29, 1.82) is 0 Å². The number of rotatable bonds is 8. The average molecular weight is 411 g/mol. The second-order valence-electron chi connectivity index (χ2n) is 7.20. The number of fused-ring (bicyclic) bond motifs is 1. The number of ether oxygens (including phenoxy) is 1. The summed E-state index contributed by atoms with van der Waals surface area (Å²) in [5, 5.41) is 8.06. The molecule has 6 nitrogen and oxygen atoms in total. The Morgan fingerprint density at radius 1 is 1.07 bits per heavy atom. The predicted molar refractivity (Wildman–Crippen MR) is 124 cm³/mol. The number of aromatic amines is 1. The van der Waals surface area contributed by atoms with E-state index in [-0.39, 0.29) is 5.78 Å². The van der Waals surface area contributed by atoms with Crippen molar-refractivity contribution in [3.05, 3.63) is 52.7 Å². The number of carbonyl (C=O) groups excluding carboxylic acids is 1. The molecule has 0 aliphatic rings. The van der Waals surface area contributed by atoms with E-state index in [1.165, 1.54) is 18.1 Å². The van der Waals surface area contributed by atoms with Crippen molar-refractivity contribution in [1.82, 2.24) is 10.2 Å². The zero-order valence-electron chi connectivity index (χ0n) is 18.5. The number of nitrogens with two attached hydrogens (primary N) is 2. The molecule has 0 saturated heterocycles. The fourth-order valence-corrected chi connectivity index (χ4v) is 3.34. The maximum absolute atomic E-state index is 11.3. The zero-order chi connectivity index (χ0) is 22.1. The highest BCUT2D eigenvalue weighted by Gasteiger charge is 2.10. The molecule has 0 atom stereocenters. The molecule has 5 N–H and O–H groups in total. The Labute approximate surface area is 179 Å². The van der Waals surface area contributed by atoms with Gasteiger partial charge in [-0.2, -0.15) is 5.10 Å². The minimum absolute atomic E-state index is 0.0161. The Balaban J connectivity index is 0.000000214. The van der Waals surface area contributed by atoms with Gasteiger partial charge in [-0.25, -0.2) is 0 Å². The minimum Gasteiger partial charge on any atom is -0.494 e. The Hall–Kier alpha value is -2.86. The van der Waals surface area contributed by atoms with Crippen molar-refractivity contribution in [2.75, 3.05) is 18.9 Å². The van der Waals surface area contributed by atoms with Gasteiger partial charge in [-0.3, -0.25) is 9.89 Å². The van der Waals surface area contributed by atoms with Gasteiger partial charge < -0.3 is 16.2 Å². The van der Waals surface area contributed by atoms with Gasteiger partial charge in [-0.1, -0.05) is 26.8 Å². The van der Waals surface area contributed by atoms with Crippen molar-refractivity contribution in [3.63, 3.8) is 0 Å². The lowest BCUT2D eigenvalue weighted by atomic mass is 10.0. The number of H-pyrrole nitrogens is 1. The molecule has 6 heteroatoms. The van der Waals surface area contributed by atoms with E-state index in [0.29, 0.717) is 24.4 Å². The summed E-state index contributed by atoms with van der Waals surface area (Å²) >= 11 is 0. The third-order valence-corrected chi connectivity index (χ3v) is 5.09. The first-order chi connectivity index (χ1) is 14.4. The molecule has 1 heterocycles. The number of nitrogen functional groups attached to an aromatic ring is 1. The quantitative estimate of drug-likeness (QED) is 0.289. The first-order valence-corrected chi connectivity index (χ1v) is 10.7. The van der Waals surface area contributed by atoms with Gasteiger partial charge in [0.15, 0.2) is 5.78 Å². The second-order valence-corrected chi connectivity index (χ2v) is 7.20. The molecule has 0 fully saturated rings. The van der Waals surface area contributed by atoms with Gasteiger partial charge in [0, 0.05) is 22.3 Å². The van der Waals surface area contributed by atoms with Crippen LogP contribution in [-0.4, -0.2) is 29.1 Å². The summed E-state index contributed by atoms with van der Waals surface area (Å²) in [5.41, 5.74) is 16.9. The number of carbonyl (C=O) groups is 1. The van der Waals surface area contributed by atoms with Crippen LogP contribution in [0.1, 0.15) is 61.3 Å². The number of ketones is 1. The number of aryl methyl sites for hydroxylation is 3. The monoisotopic (exact) mass is 410 g/mol. The standard InChI is InChI=1S/C13H21NO.C11H13N3O/c1-3-11-6-7-13(10-12(11)4-2)15-9-5-8-14;1-3-10-8-4-7(6(2)15)9(12)5-11(8)14-13-10/h6-7,10H,3-5,8-9,14H2,1-2H3;4-5H,3,12H2,1-2H3,(H,13,14). The van der Waals surface area contributed by atoms with Gasteiger partial charge in [-0.05, 0) is 74.5 Å². The van der Waals surface area contributed by atoms with E-state index in [4.69, 9.17) is 16.2 Å². The molecular weight excluding hydrogens is 376 g/mol. The summed E-state index contributed by atoms with van der Waals surface area (Å²) < 4.78 is 5.61. The smallest absolute Gasteiger partial charge is 0.161 e. The predicted octanol–water partition coefficient (Wildman–Crippen LogP) is 4.45. The molecule has 3 aromatic rings. The third kappa shape index (κ3) is 5.83. The number of hydrogen-bond donors (Lipinski definition) is 3. The zero-order valence-corrected chi connectivity index (χ0v) is 18.5. The molecule has 0 spiro atoms. The van der Waals surface area contributed by atoms with Crippen LogP contribution in [0.4, 0.5) is 5.69 Å². The minimum atomic E-state index is -0.0161. The van der Waals surface area contributed by atoms with Crippen molar-refractivity contribution < 1.29 is 9.53 Å². The largest absolute Gasteiger partial charge is 0.494 e. The Bertz CT molecular complexity index is 979. The van der Waals surface area contributed by atoms with Crippen LogP contribution < -0.4 is 16.2 Å². The highest BCUT2D eigenvalue weighted by atomic mass is 16.5. The molecule has 0 radical (unpaired) electrons. The van der Waals surface area contributed by atoms with E-state index in [1.807, 2.05) is 13.0 Å². The summed E-state index contributed by atoms with van der Waals surface area (Å²) in [6.45, 7) is 9.32. The highest BCUT2D eigenvalue weighted by Crippen LogP contribution is 2.23. The molecule has 0 unspecified atom stereocenters. The van der Waals surface area contributed by atoms with Gasteiger partial charge in [0.05, 0.1) is 12.1 Å². The molecule has 30 heavy (non-hydrogen) atoms. The van der Waals surface area contributed by atoms with Gasteiger partial charge >= 0.3 is 0 Å². The first-order valence-electron chi connectivity index (χ1n) is 10.7. The summed E-state index contributed by atoms with van der Waals surface area (Å²) in [5.74, 6) is 0.954. The van der Waals surface area contributed by atoms with Crippen LogP contribution in [0.3, 0.4) is 0 Å². The molecule has 0 amide bonds. The number of anilines is 1. The Morgan fingerprint density at radius 3 is 2.40 bits per heavy atom. The van der Waals surface area contributed by atoms with Crippen molar-refractivity contribution >= 4 is 22.4 Å². The Morgan fingerprint density at radius 2 is 1.80 bits per heavy atom. The van der Waals surface area contributed by atoms with Crippen molar-refractivity contribution in [2.24, 2.45) is 5.73 Å². The van der Waals surface area contributed by atoms with Gasteiger partial charge in [0.2, 0.25) is 0 Å². The number of nitrogens with one attached hydrogen (secondary N) is 1. The molecule has 162 valence electrons. The van der Waals surface area contributed by atoms with Crippen LogP contribution >= 0.6 is 0 Å². The van der Waals surface area contributed by atoms with Gasteiger partial charge in [0.25, 0.3) is 0 Å². The number of aromatic nitrogens is 2. The SMILES string of the molecule is CCc1[nH]nc2cc(N)c(C(C)=O)cc12.CCc1ccc(OCCCN)cc1CC. The van der Waals surface area contributed by atoms with E-state index in [9.17, 15) is 4.79 Å². The van der Waals surface area contributed by atoms with Gasteiger partial charge in [-0.15, -0.1) is 0 Å². The van der Waals surface area contributed by atoms with E-state index < -0.39 is 0 Å².